The smallest absolute Gasteiger partial charge is 0.123 e. The van der Waals surface area contributed by atoms with Crippen LogP contribution >= 0.6 is 34.0 Å². The van der Waals surface area contributed by atoms with Crippen molar-refractivity contribution in [2.75, 3.05) is 0 Å². The van der Waals surface area contributed by atoms with Crippen LogP contribution in [-0.4, -0.2) is 15.0 Å². The van der Waals surface area contributed by atoms with Gasteiger partial charge in [-0.15, -0.1) is 34.0 Å². The first-order valence-electron chi connectivity index (χ1n) is 14.9. The quantitative estimate of drug-likeness (QED) is 0.130. The van der Waals surface area contributed by atoms with E-state index in [9.17, 15) is 0 Å². The van der Waals surface area contributed by atoms with E-state index < -0.39 is 0 Å². The van der Waals surface area contributed by atoms with E-state index in [1.54, 1.807) is 34.0 Å². The maximum atomic E-state index is 5.31. The van der Waals surface area contributed by atoms with Gasteiger partial charge in [0.15, 0.2) is 0 Å². The van der Waals surface area contributed by atoms with Crippen LogP contribution in [0.2, 0.25) is 0 Å². The Bertz CT molecular complexity index is 2120. The maximum Gasteiger partial charge on any atom is 0.123 e. The first-order valence-corrected chi connectivity index (χ1v) is 18.6. The first-order chi connectivity index (χ1) is 23.5. The van der Waals surface area contributed by atoms with Crippen molar-refractivity contribution < 1.29 is 39.0 Å². The van der Waals surface area contributed by atoms with Crippen molar-refractivity contribution in [2.45, 2.75) is 14.7 Å². The van der Waals surface area contributed by atoms with Gasteiger partial charge in [-0.2, -0.15) is 14.7 Å². The van der Waals surface area contributed by atoms with Gasteiger partial charge < -0.3 is 37.9 Å². The molecule has 0 atom stereocenters. The molecule has 0 amide bonds. The summed E-state index contributed by atoms with van der Waals surface area (Å²) < 4.78 is 3.61. The molecular weight excluding hydrogens is 834 g/mol. The number of para-hydroxylation sites is 3. The van der Waals surface area contributed by atoms with Crippen LogP contribution in [0.15, 0.2) is 160 Å². The van der Waals surface area contributed by atoms with Crippen molar-refractivity contribution in [3.05, 3.63) is 146 Å². The van der Waals surface area contributed by atoms with Crippen molar-refractivity contribution >= 4 is 103 Å². The molecule has 238 valence electrons. The molecule has 9 aromatic rings. The molecule has 0 unspecified atom stereocenters. The van der Waals surface area contributed by atoms with Gasteiger partial charge in [0.1, 0.15) is 15.0 Å². The van der Waals surface area contributed by atoms with E-state index in [2.05, 4.69) is 33.2 Å². The largest absolute Gasteiger partial charge is 0.779 e. The number of thiazole rings is 3. The van der Waals surface area contributed by atoms with Crippen LogP contribution in [0, 0.1) is 0 Å². The number of hydrogen-bond acceptors (Lipinski definition) is 9. The van der Waals surface area contributed by atoms with Gasteiger partial charge in [0, 0.05) is 39.0 Å². The molecule has 0 spiro atoms. The van der Waals surface area contributed by atoms with Crippen LogP contribution < -0.4 is 0 Å². The van der Waals surface area contributed by atoms with Crippen LogP contribution in [0.4, 0.5) is 0 Å². The van der Waals surface area contributed by atoms with Crippen LogP contribution in [-0.2, 0) is 76.8 Å². The number of benzene rings is 6. The summed E-state index contributed by atoms with van der Waals surface area (Å²) in [5.74, 6) is 0. The van der Waals surface area contributed by atoms with Gasteiger partial charge in [-0.1, -0.05) is 109 Å². The SMILES string of the molecule is [S-]c1ccccc1-c1nc2ccccc2s1.[S-]c1ccccc1-c1nc2ccccc2s1.[S-]c1ccccc1-c1nc2ccccc2s1.[Zn].[Zn]. The second kappa shape index (κ2) is 17.9. The normalized spacial score (nSPS) is 10.3. The second-order valence-corrected chi connectivity index (χ2v) is 14.9. The molecule has 0 N–H and O–H groups in total. The average molecular weight is 858 g/mol. The fraction of sp³-hybridized carbons (Fsp3) is 0. The summed E-state index contributed by atoms with van der Waals surface area (Å²) in [7, 11) is 0. The zero-order valence-electron chi connectivity index (χ0n) is 26.6. The fourth-order valence-electron chi connectivity index (χ4n) is 4.89. The van der Waals surface area contributed by atoms with Gasteiger partial charge in [-0.05, 0) is 53.1 Å². The molecule has 11 heteroatoms. The summed E-state index contributed by atoms with van der Waals surface area (Å²) in [6.45, 7) is 0. The minimum absolute atomic E-state index is 0. The molecular formula is C39H24N3S6Zn2-3. The molecule has 50 heavy (non-hydrogen) atoms. The Morgan fingerprint density at radius 2 is 0.560 bits per heavy atom. The summed E-state index contributed by atoms with van der Waals surface area (Å²) in [5, 5.41) is 3.02. The third-order valence-electron chi connectivity index (χ3n) is 7.23. The number of nitrogens with zero attached hydrogens (tertiary/aromatic N) is 3. The number of rotatable bonds is 3. The molecule has 0 saturated carbocycles. The standard InChI is InChI=1S/3C13H9NS2.2Zn/c3*15-11-7-3-1-5-9(11)13-14-10-6-2-4-8-12(10)16-13;;/h3*1-8,15H;;/p-3. The van der Waals surface area contributed by atoms with Gasteiger partial charge >= 0.3 is 0 Å². The Hall–Kier alpha value is -3.10. The maximum absolute atomic E-state index is 5.31. The minimum atomic E-state index is 0. The molecule has 6 aromatic carbocycles. The predicted octanol–water partition coefficient (Wildman–Crippen LogP) is 11.6. The molecule has 0 saturated heterocycles. The third-order valence-corrected chi connectivity index (χ3v) is 11.5. The Kier molecular flexibility index (Phi) is 13.7. The average Bonchev–Trinajstić information content (AvgIpc) is 3.86. The monoisotopic (exact) mass is 854 g/mol. The molecule has 0 aliphatic carbocycles. The number of aromatic nitrogens is 3. The summed E-state index contributed by atoms with van der Waals surface area (Å²) in [6, 6.07) is 48.2. The second-order valence-electron chi connectivity index (χ2n) is 10.4. The van der Waals surface area contributed by atoms with E-state index in [0.717, 1.165) is 62.9 Å². The third kappa shape index (κ3) is 8.85. The van der Waals surface area contributed by atoms with Gasteiger partial charge in [0.25, 0.3) is 0 Å². The van der Waals surface area contributed by atoms with Crippen molar-refractivity contribution in [2.24, 2.45) is 0 Å². The van der Waals surface area contributed by atoms with Gasteiger partial charge in [-0.3, -0.25) is 0 Å². The van der Waals surface area contributed by atoms with Crippen LogP contribution in [0.1, 0.15) is 0 Å². The molecule has 0 fully saturated rings. The molecule has 3 aromatic heterocycles. The van der Waals surface area contributed by atoms with Crippen LogP contribution in [0.25, 0.3) is 62.4 Å². The summed E-state index contributed by atoms with van der Waals surface area (Å²) in [6.07, 6.45) is 0. The molecule has 0 aliphatic rings. The Balaban J connectivity index is 0.000000143. The Morgan fingerprint density at radius 3 is 0.820 bits per heavy atom. The molecule has 0 bridgehead atoms. The number of fused-ring (bicyclic) bond motifs is 3. The summed E-state index contributed by atoms with van der Waals surface area (Å²) in [4.78, 5) is 16.4. The van der Waals surface area contributed by atoms with E-state index in [1.165, 1.54) is 14.1 Å². The molecule has 9 rings (SSSR count). The Labute approximate surface area is 345 Å². The molecule has 3 heterocycles. The van der Waals surface area contributed by atoms with Crippen LogP contribution in [0.3, 0.4) is 0 Å². The van der Waals surface area contributed by atoms with Crippen molar-refractivity contribution in [3.8, 4) is 31.7 Å². The predicted molar refractivity (Wildman–Crippen MR) is 212 cm³/mol. The molecule has 0 radical (unpaired) electrons. The molecule has 0 aliphatic heterocycles. The van der Waals surface area contributed by atoms with E-state index in [0.29, 0.717) is 0 Å². The fourth-order valence-corrected chi connectivity index (χ4v) is 8.83. The Morgan fingerprint density at radius 1 is 0.320 bits per heavy atom. The van der Waals surface area contributed by atoms with Gasteiger partial charge in [0.2, 0.25) is 0 Å². The summed E-state index contributed by atoms with van der Waals surface area (Å²) in [5.41, 5.74) is 6.29. The van der Waals surface area contributed by atoms with Crippen molar-refractivity contribution in [1.82, 2.24) is 15.0 Å². The minimum Gasteiger partial charge on any atom is -0.779 e. The van der Waals surface area contributed by atoms with Crippen molar-refractivity contribution in [3.63, 3.8) is 0 Å². The van der Waals surface area contributed by atoms with Crippen molar-refractivity contribution in [1.29, 1.82) is 0 Å². The van der Waals surface area contributed by atoms with Gasteiger partial charge in [0.05, 0.1) is 30.6 Å². The van der Waals surface area contributed by atoms with E-state index in [1.807, 2.05) is 127 Å². The van der Waals surface area contributed by atoms with Gasteiger partial charge in [-0.25, -0.2) is 15.0 Å². The van der Waals surface area contributed by atoms with E-state index >= 15 is 0 Å². The zero-order chi connectivity index (χ0) is 32.9. The number of hydrogen-bond donors (Lipinski definition) is 0. The topological polar surface area (TPSA) is 38.7 Å². The summed E-state index contributed by atoms with van der Waals surface area (Å²) >= 11 is 21.0. The van der Waals surface area contributed by atoms with Crippen LogP contribution in [0.5, 0.6) is 0 Å². The zero-order valence-corrected chi connectivity index (χ0v) is 37.4. The molecule has 3 nitrogen and oxygen atoms in total. The van der Waals surface area contributed by atoms with E-state index in [-0.39, 0.29) is 39.0 Å². The first kappa shape index (κ1) is 38.1. The van der Waals surface area contributed by atoms with E-state index in [4.69, 9.17) is 37.9 Å².